The predicted molar refractivity (Wildman–Crippen MR) is 122 cm³/mol. The summed E-state index contributed by atoms with van der Waals surface area (Å²) in [5.41, 5.74) is 5.71. The van der Waals surface area contributed by atoms with Crippen molar-refractivity contribution < 1.29 is 0 Å². The second-order valence-corrected chi connectivity index (χ2v) is 7.89. The van der Waals surface area contributed by atoms with Crippen molar-refractivity contribution in [1.82, 2.24) is 9.97 Å². The maximum Gasteiger partial charge on any atom is 0.225 e. The third-order valence-corrected chi connectivity index (χ3v) is 5.73. The Morgan fingerprint density at radius 3 is 2.48 bits per heavy atom. The van der Waals surface area contributed by atoms with E-state index in [1.165, 1.54) is 43.2 Å². The first-order chi connectivity index (χ1) is 14.2. The van der Waals surface area contributed by atoms with Crippen LogP contribution in [0.3, 0.4) is 0 Å². The molecule has 2 N–H and O–H groups in total. The van der Waals surface area contributed by atoms with Crippen LogP contribution in [0, 0.1) is 6.92 Å². The van der Waals surface area contributed by atoms with Gasteiger partial charge in [0.1, 0.15) is 5.82 Å². The number of aromatic nitrogens is 2. The molecule has 0 bridgehead atoms. The van der Waals surface area contributed by atoms with E-state index in [1.807, 2.05) is 12.1 Å². The van der Waals surface area contributed by atoms with Crippen LogP contribution >= 0.6 is 0 Å². The lowest BCUT2D eigenvalue weighted by Gasteiger charge is -2.23. The van der Waals surface area contributed by atoms with Crippen molar-refractivity contribution in [2.24, 2.45) is 0 Å². The molecular formula is C25H30N4. The molecule has 0 unspecified atom stereocenters. The molecule has 4 rings (SSSR count). The van der Waals surface area contributed by atoms with Crippen molar-refractivity contribution in [3.05, 3.63) is 65.7 Å². The smallest absolute Gasteiger partial charge is 0.225 e. The zero-order valence-electron chi connectivity index (χ0n) is 17.4. The SMILES string of the molecule is CCc1cccc(C)c1Nc1cc(-c2ccccc2)nc(NC2CCCCC2)n1. The Hall–Kier alpha value is -2.88. The van der Waals surface area contributed by atoms with Crippen molar-refractivity contribution >= 4 is 17.5 Å². The summed E-state index contributed by atoms with van der Waals surface area (Å²) < 4.78 is 0. The lowest BCUT2D eigenvalue weighted by molar-refractivity contribution is 0.461. The van der Waals surface area contributed by atoms with Gasteiger partial charge in [-0.15, -0.1) is 0 Å². The molecule has 4 nitrogen and oxygen atoms in total. The zero-order chi connectivity index (χ0) is 20.1. The number of rotatable bonds is 6. The fourth-order valence-electron chi connectivity index (χ4n) is 4.09. The van der Waals surface area contributed by atoms with Gasteiger partial charge in [-0.2, -0.15) is 4.98 Å². The van der Waals surface area contributed by atoms with E-state index in [0.29, 0.717) is 12.0 Å². The molecule has 29 heavy (non-hydrogen) atoms. The highest BCUT2D eigenvalue weighted by molar-refractivity contribution is 5.70. The fraction of sp³-hybridized carbons (Fsp3) is 0.360. The van der Waals surface area contributed by atoms with Crippen LogP contribution in [0.1, 0.15) is 50.2 Å². The third kappa shape index (κ3) is 4.76. The van der Waals surface area contributed by atoms with Crippen molar-refractivity contribution in [3.63, 3.8) is 0 Å². The summed E-state index contributed by atoms with van der Waals surface area (Å²) in [4.78, 5) is 9.67. The molecular weight excluding hydrogens is 356 g/mol. The molecule has 0 amide bonds. The Kier molecular flexibility index (Phi) is 6.09. The molecule has 1 fully saturated rings. The van der Waals surface area contributed by atoms with Gasteiger partial charge in [0.25, 0.3) is 0 Å². The van der Waals surface area contributed by atoms with Crippen molar-refractivity contribution in [2.75, 3.05) is 10.6 Å². The van der Waals surface area contributed by atoms with E-state index < -0.39 is 0 Å². The van der Waals surface area contributed by atoms with Gasteiger partial charge >= 0.3 is 0 Å². The Morgan fingerprint density at radius 2 is 1.72 bits per heavy atom. The molecule has 0 aliphatic heterocycles. The number of benzene rings is 2. The molecule has 1 heterocycles. The summed E-state index contributed by atoms with van der Waals surface area (Å²) in [5, 5.41) is 7.19. The van der Waals surface area contributed by atoms with E-state index >= 15 is 0 Å². The second-order valence-electron chi connectivity index (χ2n) is 7.89. The van der Waals surface area contributed by atoms with E-state index in [0.717, 1.165) is 29.2 Å². The van der Waals surface area contributed by atoms with Crippen LogP contribution in [0.4, 0.5) is 17.5 Å². The molecule has 1 aliphatic rings. The Labute approximate surface area is 173 Å². The molecule has 0 atom stereocenters. The molecule has 4 heteroatoms. The second kappa shape index (κ2) is 9.08. The number of hydrogen-bond donors (Lipinski definition) is 2. The number of hydrogen-bond acceptors (Lipinski definition) is 4. The molecule has 1 saturated carbocycles. The van der Waals surface area contributed by atoms with Crippen LogP contribution in [0.2, 0.25) is 0 Å². The largest absolute Gasteiger partial charge is 0.351 e. The number of nitrogens with zero attached hydrogens (tertiary/aromatic N) is 2. The van der Waals surface area contributed by atoms with Gasteiger partial charge in [-0.25, -0.2) is 4.98 Å². The lowest BCUT2D eigenvalue weighted by atomic mass is 9.96. The first kappa shape index (κ1) is 19.4. The summed E-state index contributed by atoms with van der Waals surface area (Å²) in [6, 6.07) is 19.3. The first-order valence-corrected chi connectivity index (χ1v) is 10.8. The van der Waals surface area contributed by atoms with Crippen molar-refractivity contribution in [1.29, 1.82) is 0 Å². The maximum atomic E-state index is 4.84. The minimum absolute atomic E-state index is 0.465. The Balaban J connectivity index is 1.69. The van der Waals surface area contributed by atoms with Gasteiger partial charge in [0.05, 0.1) is 5.69 Å². The van der Waals surface area contributed by atoms with Crippen LogP contribution in [-0.2, 0) is 6.42 Å². The van der Waals surface area contributed by atoms with Crippen LogP contribution in [0.15, 0.2) is 54.6 Å². The summed E-state index contributed by atoms with van der Waals surface area (Å²) >= 11 is 0. The molecule has 2 aromatic carbocycles. The first-order valence-electron chi connectivity index (χ1n) is 10.8. The summed E-state index contributed by atoms with van der Waals surface area (Å²) in [6.07, 6.45) is 7.27. The Morgan fingerprint density at radius 1 is 0.931 bits per heavy atom. The highest BCUT2D eigenvalue weighted by Crippen LogP contribution is 2.28. The average molecular weight is 387 g/mol. The van der Waals surface area contributed by atoms with E-state index in [1.54, 1.807) is 0 Å². The van der Waals surface area contributed by atoms with Gasteiger partial charge in [0.15, 0.2) is 0 Å². The number of aryl methyl sites for hydroxylation is 2. The number of nitrogens with one attached hydrogen (secondary N) is 2. The fourth-order valence-corrected chi connectivity index (χ4v) is 4.09. The van der Waals surface area contributed by atoms with E-state index in [4.69, 9.17) is 9.97 Å². The molecule has 0 radical (unpaired) electrons. The molecule has 0 saturated heterocycles. The molecule has 1 aliphatic carbocycles. The number of para-hydroxylation sites is 1. The van der Waals surface area contributed by atoms with Gasteiger partial charge in [-0.3, -0.25) is 0 Å². The predicted octanol–water partition coefficient (Wildman–Crippen LogP) is 6.50. The van der Waals surface area contributed by atoms with Gasteiger partial charge in [0.2, 0.25) is 5.95 Å². The normalized spacial score (nSPS) is 14.6. The Bertz CT molecular complexity index is 946. The van der Waals surface area contributed by atoms with Crippen LogP contribution in [0.5, 0.6) is 0 Å². The summed E-state index contributed by atoms with van der Waals surface area (Å²) in [6.45, 7) is 4.33. The zero-order valence-corrected chi connectivity index (χ0v) is 17.4. The standard InChI is InChI=1S/C25H30N4/c1-3-19-14-10-11-18(2)24(19)28-23-17-22(20-12-6-4-7-13-20)27-25(29-23)26-21-15-8-5-9-16-21/h4,6-7,10-14,17,21H,3,5,8-9,15-16H2,1-2H3,(H2,26,27,28,29). The minimum Gasteiger partial charge on any atom is -0.351 e. The molecule has 0 spiro atoms. The summed E-state index contributed by atoms with van der Waals surface area (Å²) in [7, 11) is 0. The topological polar surface area (TPSA) is 49.8 Å². The quantitative estimate of drug-likeness (QED) is 0.507. The monoisotopic (exact) mass is 386 g/mol. The molecule has 1 aromatic heterocycles. The van der Waals surface area contributed by atoms with E-state index in [9.17, 15) is 0 Å². The van der Waals surface area contributed by atoms with Crippen LogP contribution in [0.25, 0.3) is 11.3 Å². The third-order valence-electron chi connectivity index (χ3n) is 5.73. The van der Waals surface area contributed by atoms with E-state index in [2.05, 4.69) is 66.9 Å². The van der Waals surface area contributed by atoms with Crippen LogP contribution < -0.4 is 10.6 Å². The lowest BCUT2D eigenvalue weighted by Crippen LogP contribution is -2.23. The maximum absolute atomic E-state index is 4.84. The molecule has 150 valence electrons. The minimum atomic E-state index is 0.465. The highest BCUT2D eigenvalue weighted by Gasteiger charge is 2.16. The van der Waals surface area contributed by atoms with Gasteiger partial charge in [-0.1, -0.05) is 74.7 Å². The van der Waals surface area contributed by atoms with Crippen molar-refractivity contribution in [2.45, 2.75) is 58.4 Å². The average Bonchev–Trinajstić information content (AvgIpc) is 2.76. The van der Waals surface area contributed by atoms with Crippen LogP contribution in [-0.4, -0.2) is 16.0 Å². The van der Waals surface area contributed by atoms with E-state index in [-0.39, 0.29) is 0 Å². The van der Waals surface area contributed by atoms with Gasteiger partial charge in [-0.05, 0) is 37.3 Å². The highest BCUT2D eigenvalue weighted by atomic mass is 15.2. The van der Waals surface area contributed by atoms with Crippen molar-refractivity contribution in [3.8, 4) is 11.3 Å². The van der Waals surface area contributed by atoms with Gasteiger partial charge < -0.3 is 10.6 Å². The summed E-state index contributed by atoms with van der Waals surface area (Å²) in [5.74, 6) is 1.55. The van der Waals surface area contributed by atoms with Gasteiger partial charge in [0, 0.05) is 23.4 Å². The number of anilines is 3. The molecule has 3 aromatic rings.